The zero-order chi connectivity index (χ0) is 19.1. The van der Waals surface area contributed by atoms with Crippen LogP contribution in [0.3, 0.4) is 0 Å². The Bertz CT molecular complexity index is 946. The Morgan fingerprint density at radius 3 is 2.38 bits per heavy atom. The number of sulfonamides is 1. The smallest absolute Gasteiger partial charge is 0.245 e. The number of hydrogen-bond donors (Lipinski definition) is 0. The first-order chi connectivity index (χ1) is 12.3. The second-order valence-corrected chi connectivity index (χ2v) is 8.73. The van der Waals surface area contributed by atoms with E-state index in [0.717, 1.165) is 11.1 Å². The van der Waals surface area contributed by atoms with E-state index >= 15 is 0 Å². The third-order valence-corrected chi connectivity index (χ3v) is 7.30. The highest BCUT2D eigenvalue weighted by Gasteiger charge is 2.36. The minimum Gasteiger partial charge on any atom is -0.493 e. The van der Waals surface area contributed by atoms with Crippen LogP contribution in [-0.2, 0) is 16.4 Å². The van der Waals surface area contributed by atoms with Crippen molar-refractivity contribution in [2.75, 3.05) is 20.8 Å². The van der Waals surface area contributed by atoms with E-state index in [0.29, 0.717) is 29.5 Å². The Balaban J connectivity index is 2.06. The molecule has 140 valence electrons. The lowest BCUT2D eigenvalue weighted by Crippen LogP contribution is -2.39. The van der Waals surface area contributed by atoms with E-state index in [1.54, 1.807) is 20.3 Å². The molecule has 1 aliphatic heterocycles. The summed E-state index contributed by atoms with van der Waals surface area (Å²) in [5.74, 6) is 1.20. The average molecular weight is 416 g/mol. The molecule has 1 heterocycles. The van der Waals surface area contributed by atoms with Gasteiger partial charge in [0.15, 0.2) is 11.5 Å². The third-order valence-electron chi connectivity index (χ3n) is 4.61. The molecule has 0 fully saturated rings. The van der Waals surface area contributed by atoms with Crippen molar-refractivity contribution in [3.63, 3.8) is 0 Å². The van der Waals surface area contributed by atoms with E-state index in [-0.39, 0.29) is 16.0 Å². The average Bonchev–Trinajstić information content (AvgIpc) is 2.62. The van der Waals surface area contributed by atoms with Gasteiger partial charge in [-0.15, -0.1) is 0 Å². The molecule has 0 unspecified atom stereocenters. The molecule has 0 N–H and O–H groups in total. The lowest BCUT2D eigenvalue weighted by Gasteiger charge is -2.35. The van der Waals surface area contributed by atoms with Crippen molar-refractivity contribution < 1.29 is 17.9 Å². The van der Waals surface area contributed by atoms with Crippen molar-refractivity contribution in [3.8, 4) is 11.5 Å². The highest BCUT2D eigenvalue weighted by atomic mass is 35.5. The second kappa shape index (κ2) is 7.27. The van der Waals surface area contributed by atoms with Gasteiger partial charge < -0.3 is 9.47 Å². The molecule has 8 heteroatoms. The van der Waals surface area contributed by atoms with Crippen molar-refractivity contribution >= 4 is 33.2 Å². The Kier molecular flexibility index (Phi) is 5.40. The fraction of sp³-hybridized carbons (Fsp3) is 0.333. The standard InChI is InChI=1S/C18H19Cl2NO4S/c1-11-14-10-17(25-3)16(24-2)8-12(14)6-7-21(11)26(22,23)18-9-13(19)4-5-15(18)20/h4-5,8-11H,6-7H2,1-3H3/t11-/m1/s1. The summed E-state index contributed by atoms with van der Waals surface area (Å²) in [6.07, 6.45) is 0.567. The molecule has 26 heavy (non-hydrogen) atoms. The van der Waals surface area contributed by atoms with Gasteiger partial charge in [0.2, 0.25) is 10.0 Å². The maximum absolute atomic E-state index is 13.2. The number of nitrogens with zero attached hydrogens (tertiary/aromatic N) is 1. The highest BCUT2D eigenvalue weighted by molar-refractivity contribution is 7.89. The number of rotatable bonds is 4. The molecule has 5 nitrogen and oxygen atoms in total. The monoisotopic (exact) mass is 415 g/mol. The van der Waals surface area contributed by atoms with Crippen LogP contribution in [0.25, 0.3) is 0 Å². The van der Waals surface area contributed by atoms with E-state index < -0.39 is 10.0 Å². The van der Waals surface area contributed by atoms with Crippen LogP contribution in [0, 0.1) is 0 Å². The number of fused-ring (bicyclic) bond motifs is 1. The summed E-state index contributed by atoms with van der Waals surface area (Å²) < 4.78 is 38.5. The molecule has 2 aromatic rings. The van der Waals surface area contributed by atoms with Gasteiger partial charge in [0.25, 0.3) is 0 Å². The normalized spacial score (nSPS) is 17.7. The van der Waals surface area contributed by atoms with Crippen LogP contribution < -0.4 is 9.47 Å². The number of hydrogen-bond acceptors (Lipinski definition) is 4. The number of methoxy groups -OCH3 is 2. The minimum atomic E-state index is -3.80. The molecule has 3 rings (SSSR count). The summed E-state index contributed by atoms with van der Waals surface area (Å²) in [4.78, 5) is 0.0162. The van der Waals surface area contributed by atoms with E-state index in [2.05, 4.69) is 0 Å². The van der Waals surface area contributed by atoms with Gasteiger partial charge in [-0.05, 0) is 54.8 Å². The van der Waals surface area contributed by atoms with Crippen LogP contribution in [0.1, 0.15) is 24.1 Å². The summed E-state index contributed by atoms with van der Waals surface area (Å²) in [5, 5.41) is 0.476. The van der Waals surface area contributed by atoms with Gasteiger partial charge in [-0.1, -0.05) is 23.2 Å². The van der Waals surface area contributed by atoms with Gasteiger partial charge in [0.1, 0.15) is 4.90 Å². The molecule has 0 bridgehead atoms. The molecule has 1 atom stereocenters. The van der Waals surface area contributed by atoms with Gasteiger partial charge in [-0.25, -0.2) is 8.42 Å². The van der Waals surface area contributed by atoms with Crippen molar-refractivity contribution in [1.29, 1.82) is 0 Å². The van der Waals surface area contributed by atoms with Gasteiger partial charge in [0, 0.05) is 17.6 Å². The van der Waals surface area contributed by atoms with E-state index in [1.165, 1.54) is 16.4 Å². The summed E-state index contributed by atoms with van der Waals surface area (Å²) in [5.41, 5.74) is 1.93. The van der Waals surface area contributed by atoms with Gasteiger partial charge in [-0.2, -0.15) is 4.31 Å². The van der Waals surface area contributed by atoms with Crippen LogP contribution in [0.4, 0.5) is 0 Å². The molecule has 2 aromatic carbocycles. The molecule has 0 spiro atoms. The zero-order valence-electron chi connectivity index (χ0n) is 14.6. The van der Waals surface area contributed by atoms with Crippen molar-refractivity contribution in [2.45, 2.75) is 24.3 Å². The second-order valence-electron chi connectivity index (χ2n) is 6.02. The van der Waals surface area contributed by atoms with Crippen LogP contribution in [0.5, 0.6) is 11.5 Å². The van der Waals surface area contributed by atoms with Gasteiger partial charge >= 0.3 is 0 Å². The molecule has 0 aromatic heterocycles. The molecule has 1 aliphatic rings. The summed E-state index contributed by atoms with van der Waals surface area (Å²) >= 11 is 12.1. The van der Waals surface area contributed by atoms with E-state index in [9.17, 15) is 8.42 Å². The topological polar surface area (TPSA) is 55.8 Å². The Morgan fingerprint density at radius 1 is 1.08 bits per heavy atom. The predicted octanol–water partition coefficient (Wildman–Crippen LogP) is 4.32. The fourth-order valence-corrected chi connectivity index (χ4v) is 5.60. The molecule has 0 saturated carbocycles. The van der Waals surface area contributed by atoms with Crippen LogP contribution in [-0.4, -0.2) is 33.5 Å². The number of ether oxygens (including phenoxy) is 2. The first-order valence-electron chi connectivity index (χ1n) is 8.01. The van der Waals surface area contributed by atoms with Crippen molar-refractivity contribution in [3.05, 3.63) is 51.5 Å². The quantitative estimate of drug-likeness (QED) is 0.745. The minimum absolute atomic E-state index is 0.0162. The summed E-state index contributed by atoms with van der Waals surface area (Å²) in [7, 11) is -0.666. The van der Waals surface area contributed by atoms with Crippen LogP contribution in [0.15, 0.2) is 35.2 Å². The highest BCUT2D eigenvalue weighted by Crippen LogP contribution is 2.40. The molecule has 0 amide bonds. The van der Waals surface area contributed by atoms with Crippen molar-refractivity contribution in [2.24, 2.45) is 0 Å². The Labute approximate surface area is 163 Å². The fourth-order valence-electron chi connectivity index (χ4n) is 3.25. The Morgan fingerprint density at radius 2 is 1.73 bits per heavy atom. The van der Waals surface area contributed by atoms with E-state index in [1.807, 2.05) is 19.1 Å². The predicted molar refractivity (Wildman–Crippen MR) is 102 cm³/mol. The van der Waals surface area contributed by atoms with Crippen LogP contribution >= 0.6 is 23.2 Å². The summed E-state index contributed by atoms with van der Waals surface area (Å²) in [6.45, 7) is 2.19. The lowest BCUT2D eigenvalue weighted by molar-refractivity contribution is 0.319. The zero-order valence-corrected chi connectivity index (χ0v) is 17.0. The van der Waals surface area contributed by atoms with E-state index in [4.69, 9.17) is 32.7 Å². The lowest BCUT2D eigenvalue weighted by atomic mass is 9.94. The largest absolute Gasteiger partial charge is 0.493 e. The molecular formula is C18H19Cl2NO4S. The molecule has 0 saturated heterocycles. The third kappa shape index (κ3) is 3.27. The van der Waals surface area contributed by atoms with Gasteiger partial charge in [-0.3, -0.25) is 0 Å². The number of benzene rings is 2. The van der Waals surface area contributed by atoms with Crippen LogP contribution in [0.2, 0.25) is 10.0 Å². The maximum atomic E-state index is 13.2. The first kappa shape index (κ1) is 19.3. The van der Waals surface area contributed by atoms with Crippen molar-refractivity contribution in [1.82, 2.24) is 4.31 Å². The molecule has 0 aliphatic carbocycles. The molecular weight excluding hydrogens is 397 g/mol. The summed E-state index contributed by atoms with van der Waals surface area (Å²) in [6, 6.07) is 7.80. The Hall–Kier alpha value is -1.47. The maximum Gasteiger partial charge on any atom is 0.245 e. The number of halogens is 2. The first-order valence-corrected chi connectivity index (χ1v) is 10.2. The van der Waals surface area contributed by atoms with Gasteiger partial charge in [0.05, 0.1) is 19.2 Å². The molecule has 0 radical (unpaired) electrons. The SMILES string of the molecule is COc1cc2c(cc1OC)[C@@H](C)N(S(=O)(=O)c1cc(Cl)ccc1Cl)CC2.